The molecule has 0 amide bonds. The van der Waals surface area contributed by atoms with Crippen LogP contribution in [0.1, 0.15) is 30.1 Å². The molecule has 0 saturated carbocycles. The van der Waals surface area contributed by atoms with E-state index in [2.05, 4.69) is 25.5 Å². The van der Waals surface area contributed by atoms with E-state index < -0.39 is 5.09 Å². The number of nitro groups is 1. The van der Waals surface area contributed by atoms with Crippen LogP contribution in [-0.2, 0) is 6.42 Å². The van der Waals surface area contributed by atoms with Crippen molar-refractivity contribution < 1.29 is 15.2 Å². The molecule has 1 atom stereocenters. The summed E-state index contributed by atoms with van der Waals surface area (Å²) in [7, 11) is 0. The molecule has 3 rings (SSSR count). The molecule has 1 aliphatic heterocycles. The molecule has 23 heavy (non-hydrogen) atoms. The van der Waals surface area contributed by atoms with Gasteiger partial charge in [0.25, 0.3) is 10.8 Å². The molecule has 2 heterocycles. The number of nitrogens with zero attached hydrogens (tertiary/aromatic N) is 4. The molecule has 2 aromatic rings. The molecule has 0 spiro atoms. The van der Waals surface area contributed by atoms with Gasteiger partial charge in [0.1, 0.15) is 0 Å². The number of imidazole rings is 1. The van der Waals surface area contributed by atoms with Gasteiger partial charge in [-0.1, -0.05) is 6.07 Å². The van der Waals surface area contributed by atoms with Gasteiger partial charge in [-0.2, -0.15) is 0 Å². The average Bonchev–Trinajstić information content (AvgIpc) is 2.95. The van der Waals surface area contributed by atoms with Crippen LogP contribution in [0.3, 0.4) is 0 Å². The molecule has 0 radical (unpaired) electrons. The number of rotatable bonds is 2. The van der Waals surface area contributed by atoms with Crippen molar-refractivity contribution >= 4 is 21.6 Å². The molecule has 1 aromatic heterocycles. The lowest BCUT2D eigenvalue weighted by Crippen LogP contribution is -2.17. The standard InChI is InChI=1S/C13H12BrN3O2.HNO3/c14-11-5-4-9(6-13(11)17(18)19)12-3-1-2-10-7-15-8-16(10)12;2-1(3)4/h4-8,12H,1-3H2;(H,2,3,4). The molecule has 0 saturated heterocycles. The summed E-state index contributed by atoms with van der Waals surface area (Å²) in [6, 6.07) is 5.50. The highest BCUT2D eigenvalue weighted by molar-refractivity contribution is 9.10. The van der Waals surface area contributed by atoms with Crippen LogP contribution in [-0.4, -0.2) is 24.8 Å². The number of aryl methyl sites for hydroxylation is 1. The number of halogens is 1. The first-order valence-corrected chi connectivity index (χ1v) is 7.47. The smallest absolute Gasteiger partial charge is 0.291 e. The molecule has 10 heteroatoms. The Morgan fingerprint density at radius 1 is 1.35 bits per heavy atom. The Morgan fingerprint density at radius 2 is 2.04 bits per heavy atom. The van der Waals surface area contributed by atoms with Crippen LogP contribution < -0.4 is 0 Å². The molecular formula is C13H13BrN4O5. The minimum absolute atomic E-state index is 0.115. The predicted octanol–water partition coefficient (Wildman–Crippen LogP) is 3.13. The number of benzene rings is 1. The van der Waals surface area contributed by atoms with E-state index in [0.717, 1.165) is 24.8 Å². The van der Waals surface area contributed by atoms with Crippen molar-refractivity contribution in [2.45, 2.75) is 25.3 Å². The second kappa shape index (κ2) is 7.18. The Bertz CT molecular complexity index is 729. The maximum absolute atomic E-state index is 11.0. The summed E-state index contributed by atoms with van der Waals surface area (Å²) in [6.07, 6.45) is 6.78. The highest BCUT2D eigenvalue weighted by atomic mass is 79.9. The van der Waals surface area contributed by atoms with E-state index in [1.165, 1.54) is 5.69 Å². The quantitative estimate of drug-likeness (QED) is 0.626. The lowest BCUT2D eigenvalue weighted by molar-refractivity contribution is -0.742. The predicted molar refractivity (Wildman–Crippen MR) is 82.9 cm³/mol. The van der Waals surface area contributed by atoms with Gasteiger partial charge in [-0.3, -0.25) is 10.1 Å². The molecule has 1 unspecified atom stereocenters. The number of hydrogen-bond acceptors (Lipinski definition) is 5. The Labute approximate surface area is 139 Å². The van der Waals surface area contributed by atoms with Crippen molar-refractivity contribution in [2.24, 2.45) is 0 Å². The van der Waals surface area contributed by atoms with Crippen molar-refractivity contribution in [3.05, 3.63) is 66.7 Å². The van der Waals surface area contributed by atoms with Crippen LogP contribution in [0.15, 0.2) is 35.2 Å². The molecule has 122 valence electrons. The van der Waals surface area contributed by atoms with Gasteiger partial charge in [-0.15, -0.1) is 10.1 Å². The highest BCUT2D eigenvalue weighted by Crippen LogP contribution is 2.34. The molecule has 0 bridgehead atoms. The van der Waals surface area contributed by atoms with Crippen molar-refractivity contribution in [3.63, 3.8) is 0 Å². The fraction of sp³-hybridized carbons (Fsp3) is 0.308. The second-order valence-electron chi connectivity index (χ2n) is 4.91. The molecule has 1 aromatic carbocycles. The highest BCUT2D eigenvalue weighted by Gasteiger charge is 2.23. The van der Waals surface area contributed by atoms with E-state index in [1.54, 1.807) is 12.1 Å². The molecule has 0 aliphatic carbocycles. The van der Waals surface area contributed by atoms with Crippen molar-refractivity contribution in [1.29, 1.82) is 0 Å². The fourth-order valence-electron chi connectivity index (χ4n) is 2.63. The molecule has 0 fully saturated rings. The van der Waals surface area contributed by atoms with Gasteiger partial charge in [-0.25, -0.2) is 4.98 Å². The number of hydrogen-bond donors (Lipinski definition) is 1. The van der Waals surface area contributed by atoms with E-state index in [0.29, 0.717) is 4.47 Å². The summed E-state index contributed by atoms with van der Waals surface area (Å²) in [6.45, 7) is 0. The number of fused-ring (bicyclic) bond motifs is 1. The summed E-state index contributed by atoms with van der Waals surface area (Å²) in [5.41, 5.74) is 2.28. The lowest BCUT2D eigenvalue weighted by atomic mass is 9.96. The van der Waals surface area contributed by atoms with Crippen LogP contribution in [0.2, 0.25) is 0 Å². The first kappa shape index (κ1) is 16.9. The zero-order chi connectivity index (χ0) is 17.0. The third kappa shape index (κ3) is 4.03. The monoisotopic (exact) mass is 384 g/mol. The van der Waals surface area contributed by atoms with Crippen LogP contribution in [0.4, 0.5) is 5.69 Å². The van der Waals surface area contributed by atoms with E-state index in [9.17, 15) is 10.1 Å². The largest absolute Gasteiger partial charge is 0.328 e. The van der Waals surface area contributed by atoms with Gasteiger partial charge in [-0.05, 0) is 46.8 Å². The van der Waals surface area contributed by atoms with E-state index in [1.807, 2.05) is 18.6 Å². The van der Waals surface area contributed by atoms with Gasteiger partial charge in [0.05, 0.1) is 21.8 Å². The Hall–Kier alpha value is -2.49. The van der Waals surface area contributed by atoms with Gasteiger partial charge >= 0.3 is 0 Å². The van der Waals surface area contributed by atoms with Crippen molar-refractivity contribution in [2.75, 3.05) is 0 Å². The minimum Gasteiger partial charge on any atom is -0.328 e. The number of aromatic nitrogens is 2. The van der Waals surface area contributed by atoms with Crippen molar-refractivity contribution in [3.8, 4) is 0 Å². The van der Waals surface area contributed by atoms with E-state index in [4.69, 9.17) is 15.3 Å². The maximum atomic E-state index is 11.0. The van der Waals surface area contributed by atoms with Crippen LogP contribution in [0.25, 0.3) is 0 Å². The zero-order valence-electron chi connectivity index (χ0n) is 11.8. The summed E-state index contributed by atoms with van der Waals surface area (Å²) in [5, 5.41) is 24.6. The van der Waals surface area contributed by atoms with Gasteiger partial charge in [0.15, 0.2) is 0 Å². The Kier molecular flexibility index (Phi) is 5.27. The third-order valence-corrected chi connectivity index (χ3v) is 4.21. The normalized spacial score (nSPS) is 16.0. The molecule has 1 aliphatic rings. The molecule has 9 nitrogen and oxygen atoms in total. The summed E-state index contributed by atoms with van der Waals surface area (Å²) in [4.78, 5) is 23.2. The number of nitro benzene ring substituents is 1. The SMILES string of the molecule is O=[N+]([O-])O.O=[N+]([O-])c1cc(C2CCCc3cncn32)ccc1Br. The Morgan fingerprint density at radius 3 is 2.70 bits per heavy atom. The summed E-state index contributed by atoms with van der Waals surface area (Å²) >= 11 is 3.22. The van der Waals surface area contributed by atoms with Gasteiger partial charge < -0.3 is 9.77 Å². The minimum atomic E-state index is -1.50. The average molecular weight is 385 g/mol. The molecule has 1 N–H and O–H groups in total. The van der Waals surface area contributed by atoms with Crippen LogP contribution >= 0.6 is 15.9 Å². The van der Waals surface area contributed by atoms with Crippen molar-refractivity contribution in [1.82, 2.24) is 9.55 Å². The zero-order valence-corrected chi connectivity index (χ0v) is 13.4. The Balaban J connectivity index is 0.000000433. The van der Waals surface area contributed by atoms with Crippen LogP contribution in [0, 0.1) is 20.2 Å². The van der Waals surface area contributed by atoms with E-state index >= 15 is 0 Å². The third-order valence-electron chi connectivity index (χ3n) is 3.54. The van der Waals surface area contributed by atoms with Crippen LogP contribution in [0.5, 0.6) is 0 Å². The van der Waals surface area contributed by atoms with Gasteiger partial charge in [0.2, 0.25) is 0 Å². The first-order chi connectivity index (χ1) is 10.9. The topological polar surface area (TPSA) is 124 Å². The van der Waals surface area contributed by atoms with Gasteiger partial charge in [0, 0.05) is 18.0 Å². The summed E-state index contributed by atoms with van der Waals surface area (Å²) < 4.78 is 2.64. The fourth-order valence-corrected chi connectivity index (χ4v) is 3.02. The molecular weight excluding hydrogens is 372 g/mol. The summed E-state index contributed by atoms with van der Waals surface area (Å²) in [5.74, 6) is 0. The lowest BCUT2D eigenvalue weighted by Gasteiger charge is -2.25. The second-order valence-corrected chi connectivity index (χ2v) is 5.76. The van der Waals surface area contributed by atoms with E-state index in [-0.39, 0.29) is 16.7 Å². The first-order valence-electron chi connectivity index (χ1n) is 6.68. The maximum Gasteiger partial charge on any atom is 0.291 e.